The summed E-state index contributed by atoms with van der Waals surface area (Å²) in [5.74, 6) is -0.747. The summed E-state index contributed by atoms with van der Waals surface area (Å²) in [6.45, 7) is 1.78. The molecular weight excluding hydrogens is 210 g/mol. The summed E-state index contributed by atoms with van der Waals surface area (Å²) in [6, 6.07) is -0.755. The Bertz CT molecular complexity index is 334. The molecule has 6 heteroatoms. The predicted octanol–water partition coefficient (Wildman–Crippen LogP) is -0.199. The van der Waals surface area contributed by atoms with Crippen molar-refractivity contribution in [2.24, 2.45) is 4.99 Å². The highest BCUT2D eigenvalue weighted by atomic mass is 16.4. The van der Waals surface area contributed by atoms with Crippen molar-refractivity contribution in [3.8, 4) is 0 Å². The summed E-state index contributed by atoms with van der Waals surface area (Å²) in [5, 5.41) is 11.3. The molecule has 1 amide bonds. The minimum absolute atomic E-state index is 0.233. The molecular formula is C10H15N3O3. The van der Waals surface area contributed by atoms with E-state index in [9.17, 15) is 9.59 Å². The van der Waals surface area contributed by atoms with Gasteiger partial charge in [0.25, 0.3) is 5.91 Å². The van der Waals surface area contributed by atoms with Crippen molar-refractivity contribution in [3.63, 3.8) is 0 Å². The molecule has 0 bridgehead atoms. The van der Waals surface area contributed by atoms with E-state index in [0.29, 0.717) is 5.96 Å². The van der Waals surface area contributed by atoms with E-state index in [1.807, 2.05) is 4.90 Å². The average molecular weight is 225 g/mol. The van der Waals surface area contributed by atoms with Gasteiger partial charge in [-0.25, -0.2) is 4.99 Å². The smallest absolute Gasteiger partial charge is 0.306 e. The lowest BCUT2D eigenvalue weighted by molar-refractivity contribution is -0.139. The van der Waals surface area contributed by atoms with Gasteiger partial charge in [0, 0.05) is 13.1 Å². The Balaban J connectivity index is 2.00. The molecule has 1 fully saturated rings. The minimum atomic E-state index is -0.996. The van der Waals surface area contributed by atoms with Crippen LogP contribution in [0.5, 0.6) is 0 Å². The van der Waals surface area contributed by atoms with Crippen LogP contribution in [0.2, 0.25) is 0 Å². The van der Waals surface area contributed by atoms with Gasteiger partial charge in [0.2, 0.25) is 5.96 Å². The number of hydrogen-bond donors (Lipinski definition) is 2. The molecule has 0 radical (unpaired) electrons. The molecule has 0 aromatic carbocycles. The van der Waals surface area contributed by atoms with Gasteiger partial charge in [0.15, 0.2) is 0 Å². The number of nitrogens with one attached hydrogen (secondary N) is 1. The monoisotopic (exact) mass is 225 g/mol. The second kappa shape index (κ2) is 4.51. The van der Waals surface area contributed by atoms with Gasteiger partial charge in [-0.05, 0) is 19.3 Å². The van der Waals surface area contributed by atoms with E-state index in [2.05, 4.69) is 10.3 Å². The zero-order chi connectivity index (χ0) is 11.5. The molecule has 0 saturated carbocycles. The number of carboxylic acids is 1. The van der Waals surface area contributed by atoms with E-state index in [-0.39, 0.29) is 12.3 Å². The van der Waals surface area contributed by atoms with Crippen LogP contribution in [0.1, 0.15) is 25.7 Å². The van der Waals surface area contributed by atoms with Crippen LogP contribution in [0.15, 0.2) is 4.99 Å². The molecule has 0 aliphatic carbocycles. The molecule has 0 aromatic rings. The van der Waals surface area contributed by atoms with Crippen LogP contribution in [0, 0.1) is 0 Å². The summed E-state index contributed by atoms with van der Waals surface area (Å²) in [6.07, 6.45) is 3.16. The van der Waals surface area contributed by atoms with Crippen LogP contribution < -0.4 is 5.32 Å². The second-order valence-corrected chi connectivity index (χ2v) is 4.10. The largest absolute Gasteiger partial charge is 0.481 e. The molecule has 88 valence electrons. The number of guanidine groups is 1. The van der Waals surface area contributed by atoms with E-state index in [1.54, 1.807) is 0 Å². The number of carbonyl (C=O) groups excluding carboxylic acids is 1. The lowest BCUT2D eigenvalue weighted by Crippen LogP contribution is -2.43. The number of amides is 1. The molecule has 0 aromatic heterocycles. The number of nitrogens with zero attached hydrogens (tertiary/aromatic N) is 2. The SMILES string of the molecule is O=C(O)CC1N=C(N2CCCCC2)NC1=O. The number of likely N-dealkylation sites (tertiary alicyclic amines) is 1. The van der Waals surface area contributed by atoms with Crippen LogP contribution in [0.3, 0.4) is 0 Å². The maximum atomic E-state index is 11.4. The average Bonchev–Trinajstić information content (AvgIpc) is 2.61. The molecule has 16 heavy (non-hydrogen) atoms. The summed E-state index contributed by atoms with van der Waals surface area (Å²) >= 11 is 0. The normalized spacial score (nSPS) is 25.2. The highest BCUT2D eigenvalue weighted by Gasteiger charge is 2.31. The summed E-state index contributed by atoms with van der Waals surface area (Å²) in [7, 11) is 0. The molecule has 1 unspecified atom stereocenters. The van der Waals surface area contributed by atoms with Gasteiger partial charge in [0.1, 0.15) is 6.04 Å². The predicted molar refractivity (Wildman–Crippen MR) is 57.0 cm³/mol. The fourth-order valence-electron chi connectivity index (χ4n) is 2.00. The molecule has 2 rings (SSSR count). The number of aliphatic carboxylic acids is 1. The molecule has 2 N–H and O–H groups in total. The minimum Gasteiger partial charge on any atom is -0.481 e. The quantitative estimate of drug-likeness (QED) is 0.682. The number of hydrogen-bond acceptors (Lipinski definition) is 4. The zero-order valence-corrected chi connectivity index (χ0v) is 8.98. The second-order valence-electron chi connectivity index (χ2n) is 4.10. The van der Waals surface area contributed by atoms with Crippen molar-refractivity contribution in [3.05, 3.63) is 0 Å². The standard InChI is InChI=1S/C10H15N3O3/c14-8(15)6-7-9(16)12-10(11-7)13-4-2-1-3-5-13/h7H,1-6H2,(H,14,15)(H,11,12,16). The Morgan fingerprint density at radius 2 is 2.12 bits per heavy atom. The summed E-state index contributed by atoms with van der Waals surface area (Å²) in [4.78, 5) is 28.1. The number of piperidine rings is 1. The van der Waals surface area contributed by atoms with E-state index < -0.39 is 12.0 Å². The molecule has 2 aliphatic rings. The molecule has 6 nitrogen and oxygen atoms in total. The van der Waals surface area contributed by atoms with Crippen molar-refractivity contribution < 1.29 is 14.7 Å². The van der Waals surface area contributed by atoms with Gasteiger partial charge >= 0.3 is 5.97 Å². The van der Waals surface area contributed by atoms with Crippen LogP contribution in [0.4, 0.5) is 0 Å². The fourth-order valence-corrected chi connectivity index (χ4v) is 2.00. The number of rotatable bonds is 2. The van der Waals surface area contributed by atoms with Crippen molar-refractivity contribution in [2.45, 2.75) is 31.7 Å². The first-order valence-electron chi connectivity index (χ1n) is 5.52. The van der Waals surface area contributed by atoms with Crippen molar-refractivity contribution in [1.82, 2.24) is 10.2 Å². The third-order valence-electron chi connectivity index (χ3n) is 2.84. The molecule has 2 aliphatic heterocycles. The van der Waals surface area contributed by atoms with Crippen LogP contribution in [-0.2, 0) is 9.59 Å². The van der Waals surface area contributed by atoms with Gasteiger partial charge in [0.05, 0.1) is 6.42 Å². The van der Waals surface area contributed by atoms with Crippen LogP contribution >= 0.6 is 0 Å². The third kappa shape index (κ3) is 2.32. The Morgan fingerprint density at radius 3 is 2.75 bits per heavy atom. The zero-order valence-electron chi connectivity index (χ0n) is 8.98. The van der Waals surface area contributed by atoms with Crippen molar-refractivity contribution in [1.29, 1.82) is 0 Å². The number of carbonyl (C=O) groups is 2. The molecule has 2 heterocycles. The Hall–Kier alpha value is -1.59. The van der Waals surface area contributed by atoms with Gasteiger partial charge in [-0.2, -0.15) is 0 Å². The van der Waals surface area contributed by atoms with Gasteiger partial charge in [-0.3, -0.25) is 14.9 Å². The number of carboxylic acid groups (broad SMARTS) is 1. The maximum absolute atomic E-state index is 11.4. The molecule has 0 spiro atoms. The van der Waals surface area contributed by atoms with E-state index in [1.165, 1.54) is 6.42 Å². The van der Waals surface area contributed by atoms with Crippen molar-refractivity contribution in [2.75, 3.05) is 13.1 Å². The van der Waals surface area contributed by atoms with E-state index >= 15 is 0 Å². The number of aliphatic imine (C=N–C) groups is 1. The Labute approximate surface area is 93.3 Å². The van der Waals surface area contributed by atoms with E-state index in [0.717, 1.165) is 25.9 Å². The first-order chi connectivity index (χ1) is 7.66. The first-order valence-corrected chi connectivity index (χ1v) is 5.52. The highest BCUT2D eigenvalue weighted by molar-refractivity contribution is 6.05. The lowest BCUT2D eigenvalue weighted by Gasteiger charge is -2.27. The lowest BCUT2D eigenvalue weighted by atomic mass is 10.1. The van der Waals surface area contributed by atoms with Crippen molar-refractivity contribution >= 4 is 17.8 Å². The topological polar surface area (TPSA) is 82.0 Å². The van der Waals surface area contributed by atoms with Gasteiger partial charge in [-0.1, -0.05) is 0 Å². The van der Waals surface area contributed by atoms with Gasteiger partial charge in [-0.15, -0.1) is 0 Å². The van der Waals surface area contributed by atoms with Crippen LogP contribution in [0.25, 0.3) is 0 Å². The summed E-state index contributed by atoms with van der Waals surface area (Å²) in [5.41, 5.74) is 0. The Kier molecular flexibility index (Phi) is 3.07. The van der Waals surface area contributed by atoms with Crippen LogP contribution in [-0.4, -0.2) is 47.0 Å². The van der Waals surface area contributed by atoms with E-state index in [4.69, 9.17) is 5.11 Å². The molecule has 1 atom stereocenters. The third-order valence-corrected chi connectivity index (χ3v) is 2.84. The summed E-state index contributed by atoms with van der Waals surface area (Å²) < 4.78 is 0. The fraction of sp³-hybridized carbons (Fsp3) is 0.700. The highest BCUT2D eigenvalue weighted by Crippen LogP contribution is 2.13. The maximum Gasteiger partial charge on any atom is 0.306 e. The Morgan fingerprint density at radius 1 is 1.44 bits per heavy atom. The van der Waals surface area contributed by atoms with Gasteiger partial charge < -0.3 is 10.0 Å². The first kappa shape index (κ1) is 10.9. The molecule has 1 saturated heterocycles.